The number of hydrogen-bond acceptors (Lipinski definition) is 3. The molecule has 0 bridgehead atoms. The second kappa shape index (κ2) is 13.6. The Morgan fingerprint density at radius 3 is 2.33 bits per heavy atom. The van der Waals surface area contributed by atoms with Gasteiger partial charge in [0.15, 0.2) is 0 Å². The molecule has 0 aliphatic heterocycles. The summed E-state index contributed by atoms with van der Waals surface area (Å²) in [5.41, 5.74) is 12.1. The van der Waals surface area contributed by atoms with Crippen LogP contribution in [0.15, 0.2) is 53.9 Å². The van der Waals surface area contributed by atoms with Gasteiger partial charge in [-0.05, 0) is 61.1 Å². The van der Waals surface area contributed by atoms with Gasteiger partial charge in [0, 0.05) is 25.0 Å². The zero-order valence-corrected chi connectivity index (χ0v) is 21.3. The summed E-state index contributed by atoms with van der Waals surface area (Å²) in [4.78, 5) is 8.78. The van der Waals surface area contributed by atoms with Crippen LogP contribution in [-0.2, 0) is 13.5 Å². The van der Waals surface area contributed by atoms with Gasteiger partial charge in [0.25, 0.3) is 0 Å². The standard InChI is InChI=1S/C19H21N5.C7H14.C2H6/c1-13-8-15(4-5-18(13)23-14(2)20)9-16-6-7-21-19(10-16)17-11-22-24(3)12-17;1-7-5-3-2-4-6-7;1-2/h4-8,10-12H,9H2,1-3H3,(H2,20,23);7H,2-6H2,1H3;1-2H3. The molecule has 33 heavy (non-hydrogen) atoms. The van der Waals surface area contributed by atoms with Gasteiger partial charge in [0.2, 0.25) is 0 Å². The molecule has 0 radical (unpaired) electrons. The quantitative estimate of drug-likeness (QED) is 0.346. The molecule has 0 unspecified atom stereocenters. The lowest BCUT2D eigenvalue weighted by Crippen LogP contribution is -2.04. The Kier molecular flexibility index (Phi) is 10.8. The lowest BCUT2D eigenvalue weighted by Gasteiger charge is -2.15. The molecule has 1 saturated carbocycles. The van der Waals surface area contributed by atoms with Crippen molar-refractivity contribution in [2.24, 2.45) is 23.7 Å². The van der Waals surface area contributed by atoms with Crippen molar-refractivity contribution in [3.05, 3.63) is 65.6 Å². The van der Waals surface area contributed by atoms with Crippen LogP contribution in [0.5, 0.6) is 0 Å². The van der Waals surface area contributed by atoms with E-state index in [-0.39, 0.29) is 0 Å². The summed E-state index contributed by atoms with van der Waals surface area (Å²) in [7, 11) is 1.91. The number of aliphatic imine (C=N–C) groups is 1. The van der Waals surface area contributed by atoms with Gasteiger partial charge < -0.3 is 5.73 Å². The summed E-state index contributed by atoms with van der Waals surface area (Å²) >= 11 is 0. The van der Waals surface area contributed by atoms with E-state index < -0.39 is 0 Å². The average molecular weight is 448 g/mol. The van der Waals surface area contributed by atoms with E-state index in [0.717, 1.165) is 34.8 Å². The lowest BCUT2D eigenvalue weighted by molar-refractivity contribution is 0.385. The van der Waals surface area contributed by atoms with Crippen LogP contribution in [0, 0.1) is 12.8 Å². The van der Waals surface area contributed by atoms with Crippen molar-refractivity contribution in [2.75, 3.05) is 0 Å². The number of rotatable bonds is 4. The van der Waals surface area contributed by atoms with Crippen molar-refractivity contribution >= 4 is 11.5 Å². The predicted octanol–water partition coefficient (Wildman–Crippen LogP) is 7.00. The Balaban J connectivity index is 0.000000362. The smallest absolute Gasteiger partial charge is 0.0965 e. The molecule has 0 saturated heterocycles. The van der Waals surface area contributed by atoms with E-state index >= 15 is 0 Å². The minimum absolute atomic E-state index is 0.570. The molecule has 178 valence electrons. The zero-order chi connectivity index (χ0) is 24.2. The highest BCUT2D eigenvalue weighted by atomic mass is 15.2. The maximum atomic E-state index is 5.66. The van der Waals surface area contributed by atoms with E-state index in [1.807, 2.05) is 51.6 Å². The molecule has 1 aliphatic carbocycles. The number of nitrogens with two attached hydrogens (primary N) is 1. The average Bonchev–Trinajstić information content (AvgIpc) is 3.24. The summed E-state index contributed by atoms with van der Waals surface area (Å²) in [6, 6.07) is 10.4. The molecule has 2 N–H and O–H groups in total. The fraction of sp³-hybridized carbons (Fsp3) is 0.464. The van der Waals surface area contributed by atoms with Crippen LogP contribution in [0.2, 0.25) is 0 Å². The summed E-state index contributed by atoms with van der Waals surface area (Å²) in [5, 5.41) is 4.21. The van der Waals surface area contributed by atoms with Crippen LogP contribution in [0.25, 0.3) is 11.3 Å². The highest BCUT2D eigenvalue weighted by Crippen LogP contribution is 2.23. The molecular weight excluding hydrogens is 406 g/mol. The van der Waals surface area contributed by atoms with E-state index in [2.05, 4.69) is 47.1 Å². The topological polar surface area (TPSA) is 69.1 Å². The van der Waals surface area contributed by atoms with Crippen LogP contribution in [0.3, 0.4) is 0 Å². The number of amidine groups is 1. The summed E-state index contributed by atoms with van der Waals surface area (Å²) < 4.78 is 1.78. The molecule has 2 heterocycles. The molecule has 3 aromatic rings. The molecule has 2 aromatic heterocycles. The largest absolute Gasteiger partial charge is 0.387 e. The molecular formula is C28H41N5. The Bertz CT molecular complexity index is 1010. The first-order valence-electron chi connectivity index (χ1n) is 12.2. The second-order valence-corrected chi connectivity index (χ2v) is 8.75. The number of nitrogens with zero attached hydrogens (tertiary/aromatic N) is 4. The first-order valence-corrected chi connectivity index (χ1v) is 12.2. The third kappa shape index (κ3) is 8.83. The minimum Gasteiger partial charge on any atom is -0.387 e. The maximum absolute atomic E-state index is 5.66. The Morgan fingerprint density at radius 2 is 1.79 bits per heavy atom. The monoisotopic (exact) mass is 447 g/mol. The second-order valence-electron chi connectivity index (χ2n) is 8.75. The summed E-state index contributed by atoms with van der Waals surface area (Å²) in [6.45, 7) is 10.2. The van der Waals surface area contributed by atoms with Crippen molar-refractivity contribution < 1.29 is 0 Å². The highest BCUT2D eigenvalue weighted by Gasteiger charge is 2.06. The van der Waals surface area contributed by atoms with Crippen LogP contribution in [0.1, 0.15) is 76.5 Å². The van der Waals surface area contributed by atoms with Crippen molar-refractivity contribution in [2.45, 2.75) is 73.1 Å². The lowest BCUT2D eigenvalue weighted by atomic mass is 9.91. The molecule has 0 atom stereocenters. The predicted molar refractivity (Wildman–Crippen MR) is 141 cm³/mol. The third-order valence-electron chi connectivity index (χ3n) is 5.69. The van der Waals surface area contributed by atoms with Crippen LogP contribution < -0.4 is 5.73 Å². The van der Waals surface area contributed by atoms with E-state index in [9.17, 15) is 0 Å². The van der Waals surface area contributed by atoms with Crippen molar-refractivity contribution in [3.63, 3.8) is 0 Å². The molecule has 1 fully saturated rings. The summed E-state index contributed by atoms with van der Waals surface area (Å²) in [5.74, 6) is 1.61. The van der Waals surface area contributed by atoms with Gasteiger partial charge in [-0.3, -0.25) is 9.67 Å². The van der Waals surface area contributed by atoms with Crippen molar-refractivity contribution in [3.8, 4) is 11.3 Å². The zero-order valence-electron chi connectivity index (χ0n) is 21.3. The van der Waals surface area contributed by atoms with Crippen LogP contribution in [-0.4, -0.2) is 20.6 Å². The van der Waals surface area contributed by atoms with Gasteiger partial charge in [-0.25, -0.2) is 4.99 Å². The summed E-state index contributed by atoms with van der Waals surface area (Å²) in [6.07, 6.45) is 13.9. The fourth-order valence-electron chi connectivity index (χ4n) is 3.98. The van der Waals surface area contributed by atoms with Gasteiger partial charge in [0.05, 0.1) is 23.4 Å². The van der Waals surface area contributed by atoms with Gasteiger partial charge in [-0.15, -0.1) is 0 Å². The van der Waals surface area contributed by atoms with Crippen LogP contribution >= 0.6 is 0 Å². The number of hydrogen-bond donors (Lipinski definition) is 1. The first kappa shape index (κ1) is 26.3. The van der Waals surface area contributed by atoms with Gasteiger partial charge in [0.1, 0.15) is 0 Å². The maximum Gasteiger partial charge on any atom is 0.0965 e. The van der Waals surface area contributed by atoms with Gasteiger partial charge in [-0.1, -0.05) is 65.0 Å². The third-order valence-corrected chi connectivity index (χ3v) is 5.69. The Labute approximate surface area is 200 Å². The Morgan fingerprint density at radius 1 is 1.09 bits per heavy atom. The number of benzene rings is 1. The van der Waals surface area contributed by atoms with E-state index in [4.69, 9.17) is 5.73 Å². The molecule has 0 spiro atoms. The van der Waals surface area contributed by atoms with Crippen molar-refractivity contribution in [1.29, 1.82) is 0 Å². The SMILES string of the molecule is CC.CC(N)=Nc1ccc(Cc2ccnc(-c3cnn(C)c3)c2)cc1C.CC1CCCCC1. The van der Waals surface area contributed by atoms with Crippen molar-refractivity contribution in [1.82, 2.24) is 14.8 Å². The molecule has 1 aliphatic rings. The first-order chi connectivity index (χ1) is 15.9. The number of aromatic nitrogens is 3. The van der Waals surface area contributed by atoms with E-state index in [1.54, 1.807) is 11.6 Å². The van der Waals surface area contributed by atoms with E-state index in [0.29, 0.717) is 5.84 Å². The Hall–Kier alpha value is -2.95. The molecule has 4 rings (SSSR count). The minimum atomic E-state index is 0.570. The van der Waals surface area contributed by atoms with Crippen LogP contribution in [0.4, 0.5) is 5.69 Å². The molecule has 5 nitrogen and oxygen atoms in total. The van der Waals surface area contributed by atoms with Gasteiger partial charge >= 0.3 is 0 Å². The molecule has 5 heteroatoms. The normalized spacial score (nSPS) is 14.1. The molecule has 1 aromatic carbocycles. The highest BCUT2D eigenvalue weighted by molar-refractivity contribution is 5.81. The number of aryl methyl sites for hydroxylation is 2. The fourth-order valence-corrected chi connectivity index (χ4v) is 3.98. The van der Waals surface area contributed by atoms with Gasteiger partial charge in [-0.2, -0.15) is 5.10 Å². The van der Waals surface area contributed by atoms with E-state index in [1.165, 1.54) is 43.2 Å². The number of pyridine rings is 1. The molecule has 0 amide bonds.